The largest absolute Gasteiger partial charge is 0.381 e. The van der Waals surface area contributed by atoms with Crippen molar-refractivity contribution in [3.63, 3.8) is 0 Å². The van der Waals surface area contributed by atoms with E-state index in [0.29, 0.717) is 19.0 Å². The van der Waals surface area contributed by atoms with E-state index in [4.69, 9.17) is 9.88 Å². The first kappa shape index (κ1) is 11.3. The molecule has 0 aliphatic carbocycles. The predicted molar refractivity (Wildman–Crippen MR) is 56.9 cm³/mol. The summed E-state index contributed by atoms with van der Waals surface area (Å²) in [6, 6.07) is 0. The Balaban J connectivity index is 1.63. The van der Waals surface area contributed by atoms with Crippen LogP contribution in [0.15, 0.2) is 0 Å². The number of ether oxygens (including phenoxy) is 1. The highest BCUT2D eigenvalue weighted by Crippen LogP contribution is 2.20. The Morgan fingerprint density at radius 2 is 2.13 bits per heavy atom. The van der Waals surface area contributed by atoms with Gasteiger partial charge in [-0.25, -0.2) is 13.6 Å². The molecule has 0 bridgehead atoms. The quantitative estimate of drug-likeness (QED) is 0.704. The van der Waals surface area contributed by atoms with Crippen LogP contribution in [-0.2, 0) is 14.8 Å². The van der Waals surface area contributed by atoms with Crippen molar-refractivity contribution in [3.8, 4) is 0 Å². The predicted octanol–water partition coefficient (Wildman–Crippen LogP) is -0.614. The van der Waals surface area contributed by atoms with Gasteiger partial charge in [0.2, 0.25) is 10.0 Å². The van der Waals surface area contributed by atoms with Crippen LogP contribution in [0.25, 0.3) is 0 Å². The van der Waals surface area contributed by atoms with Crippen LogP contribution in [0.4, 0.5) is 0 Å². The lowest BCUT2D eigenvalue weighted by molar-refractivity contribution is 0.156. The molecule has 2 fully saturated rings. The fourth-order valence-corrected chi connectivity index (χ4v) is 2.93. The first-order valence-corrected chi connectivity index (χ1v) is 6.98. The lowest BCUT2D eigenvalue weighted by Crippen LogP contribution is -2.56. The molecular weight excluding hydrogens is 216 g/mol. The van der Waals surface area contributed by atoms with E-state index in [0.717, 1.165) is 32.6 Å². The maximum absolute atomic E-state index is 11.0. The summed E-state index contributed by atoms with van der Waals surface area (Å²) in [5.74, 6) is 0.665. The number of hydrogen-bond acceptors (Lipinski definition) is 4. The molecule has 88 valence electrons. The first-order valence-electron chi connectivity index (χ1n) is 5.37. The number of nitrogens with zero attached hydrogens (tertiary/aromatic N) is 1. The van der Waals surface area contributed by atoms with Gasteiger partial charge in [0.25, 0.3) is 0 Å². The van der Waals surface area contributed by atoms with Gasteiger partial charge in [-0.05, 0) is 25.3 Å². The molecule has 15 heavy (non-hydrogen) atoms. The third-order valence-corrected chi connectivity index (χ3v) is 4.49. The summed E-state index contributed by atoms with van der Waals surface area (Å²) in [7, 11) is -3.30. The van der Waals surface area contributed by atoms with Crippen molar-refractivity contribution >= 4 is 10.0 Å². The Kier molecular flexibility index (Phi) is 3.30. The summed E-state index contributed by atoms with van der Waals surface area (Å²) in [4.78, 5) is 2.15. The van der Waals surface area contributed by atoms with E-state index in [9.17, 15) is 8.42 Å². The Morgan fingerprint density at radius 3 is 2.67 bits per heavy atom. The van der Waals surface area contributed by atoms with Gasteiger partial charge in [0, 0.05) is 26.3 Å². The van der Waals surface area contributed by atoms with Gasteiger partial charge >= 0.3 is 0 Å². The van der Waals surface area contributed by atoms with Crippen molar-refractivity contribution in [2.24, 2.45) is 11.1 Å². The van der Waals surface area contributed by atoms with Crippen molar-refractivity contribution in [2.45, 2.75) is 18.1 Å². The van der Waals surface area contributed by atoms with Crippen molar-refractivity contribution in [1.29, 1.82) is 0 Å². The molecule has 2 rings (SSSR count). The molecule has 0 saturated carbocycles. The maximum atomic E-state index is 11.0. The fourth-order valence-electron chi connectivity index (χ4n) is 2.09. The molecule has 2 aliphatic heterocycles. The zero-order valence-electron chi connectivity index (χ0n) is 8.76. The van der Waals surface area contributed by atoms with Gasteiger partial charge in [-0.1, -0.05) is 0 Å². The summed E-state index contributed by atoms with van der Waals surface area (Å²) < 4.78 is 27.2. The van der Waals surface area contributed by atoms with Crippen molar-refractivity contribution in [1.82, 2.24) is 4.90 Å². The second-order valence-corrected chi connectivity index (χ2v) is 6.33. The van der Waals surface area contributed by atoms with E-state index in [1.807, 2.05) is 0 Å². The van der Waals surface area contributed by atoms with Gasteiger partial charge in [-0.15, -0.1) is 0 Å². The number of nitrogens with two attached hydrogens (primary N) is 1. The highest BCUT2D eigenvalue weighted by Gasteiger charge is 2.34. The molecular formula is C9H18N2O3S. The van der Waals surface area contributed by atoms with Crippen LogP contribution in [0.5, 0.6) is 0 Å². The van der Waals surface area contributed by atoms with Crippen molar-refractivity contribution in [2.75, 3.05) is 32.8 Å². The SMILES string of the molecule is NS(=O)(=O)C1CN(CCC2CCOC2)C1. The van der Waals surface area contributed by atoms with E-state index in [-0.39, 0.29) is 5.25 Å². The molecule has 1 atom stereocenters. The van der Waals surface area contributed by atoms with Gasteiger partial charge < -0.3 is 9.64 Å². The number of likely N-dealkylation sites (tertiary alicyclic amines) is 1. The van der Waals surface area contributed by atoms with Crippen LogP contribution in [0.3, 0.4) is 0 Å². The number of primary sulfonamides is 1. The van der Waals surface area contributed by atoms with Crippen LogP contribution >= 0.6 is 0 Å². The third kappa shape index (κ3) is 2.90. The van der Waals surface area contributed by atoms with E-state index >= 15 is 0 Å². The second kappa shape index (κ2) is 4.37. The van der Waals surface area contributed by atoms with Crippen molar-refractivity contribution < 1.29 is 13.2 Å². The summed E-state index contributed by atoms with van der Waals surface area (Å²) in [5.41, 5.74) is 0. The normalized spacial score (nSPS) is 29.3. The lowest BCUT2D eigenvalue weighted by atomic mass is 10.0. The molecule has 0 spiro atoms. The van der Waals surface area contributed by atoms with E-state index < -0.39 is 10.0 Å². The van der Waals surface area contributed by atoms with E-state index in [2.05, 4.69) is 4.90 Å². The monoisotopic (exact) mass is 234 g/mol. The average molecular weight is 234 g/mol. The van der Waals surface area contributed by atoms with Crippen molar-refractivity contribution in [3.05, 3.63) is 0 Å². The summed E-state index contributed by atoms with van der Waals surface area (Å²) in [5, 5.41) is 4.71. The molecule has 6 heteroatoms. The highest BCUT2D eigenvalue weighted by molar-refractivity contribution is 7.89. The van der Waals surface area contributed by atoms with Crippen LogP contribution in [-0.4, -0.2) is 51.4 Å². The number of hydrogen-bond donors (Lipinski definition) is 1. The van der Waals surface area contributed by atoms with Gasteiger partial charge in [0.15, 0.2) is 0 Å². The molecule has 2 N–H and O–H groups in total. The molecule has 0 aromatic rings. The van der Waals surface area contributed by atoms with Gasteiger partial charge in [-0.3, -0.25) is 0 Å². The Bertz CT molecular complexity index is 305. The molecule has 2 aliphatic rings. The zero-order valence-corrected chi connectivity index (χ0v) is 9.58. The Labute approximate surface area is 90.6 Å². The minimum absolute atomic E-state index is 0.336. The van der Waals surface area contributed by atoms with E-state index in [1.165, 1.54) is 0 Å². The summed E-state index contributed by atoms with van der Waals surface area (Å²) >= 11 is 0. The lowest BCUT2D eigenvalue weighted by Gasteiger charge is -2.37. The van der Waals surface area contributed by atoms with Crippen LogP contribution in [0.1, 0.15) is 12.8 Å². The van der Waals surface area contributed by atoms with Gasteiger partial charge in [0.1, 0.15) is 5.25 Å². The Hall–Kier alpha value is -0.170. The van der Waals surface area contributed by atoms with Gasteiger partial charge in [0.05, 0.1) is 0 Å². The molecule has 0 aromatic carbocycles. The zero-order chi connectivity index (χ0) is 10.9. The average Bonchev–Trinajstić information content (AvgIpc) is 2.50. The topological polar surface area (TPSA) is 72.6 Å². The van der Waals surface area contributed by atoms with Gasteiger partial charge in [-0.2, -0.15) is 0 Å². The molecule has 2 saturated heterocycles. The van der Waals surface area contributed by atoms with Crippen LogP contribution < -0.4 is 5.14 Å². The summed E-state index contributed by atoms with van der Waals surface area (Å²) in [6.07, 6.45) is 2.25. The highest BCUT2D eigenvalue weighted by atomic mass is 32.2. The fraction of sp³-hybridized carbons (Fsp3) is 1.00. The Morgan fingerprint density at radius 1 is 1.40 bits per heavy atom. The second-order valence-electron chi connectivity index (χ2n) is 4.49. The number of rotatable bonds is 4. The molecule has 0 amide bonds. The smallest absolute Gasteiger partial charge is 0.214 e. The molecule has 0 aromatic heterocycles. The molecule has 5 nitrogen and oxygen atoms in total. The summed E-state index contributed by atoms with van der Waals surface area (Å²) in [6.45, 7) is 3.93. The minimum Gasteiger partial charge on any atom is -0.381 e. The molecule has 2 heterocycles. The number of sulfonamides is 1. The van der Waals surface area contributed by atoms with E-state index in [1.54, 1.807) is 0 Å². The molecule has 1 unspecified atom stereocenters. The molecule has 0 radical (unpaired) electrons. The maximum Gasteiger partial charge on any atom is 0.214 e. The van der Waals surface area contributed by atoms with Crippen LogP contribution in [0, 0.1) is 5.92 Å². The standard InChI is InChI=1S/C9H18N2O3S/c10-15(12,13)9-5-11(6-9)3-1-8-2-4-14-7-8/h8-9H,1-7H2,(H2,10,12,13). The third-order valence-electron chi connectivity index (χ3n) is 3.27. The minimum atomic E-state index is -3.30. The first-order chi connectivity index (χ1) is 7.05. The van der Waals surface area contributed by atoms with Crippen LogP contribution in [0.2, 0.25) is 0 Å².